The maximum absolute atomic E-state index is 13.4. The molecule has 26 heavy (non-hydrogen) atoms. The van der Waals surface area contributed by atoms with Crippen molar-refractivity contribution in [3.8, 4) is 0 Å². The molecule has 1 aromatic rings. The second-order valence-corrected chi connectivity index (χ2v) is 6.46. The Morgan fingerprint density at radius 3 is 2.58 bits per heavy atom. The quantitative estimate of drug-likeness (QED) is 0.233. The topological polar surface area (TPSA) is 126 Å². The highest BCUT2D eigenvalue weighted by atomic mass is 19.1. The van der Waals surface area contributed by atoms with Crippen molar-refractivity contribution in [2.24, 2.45) is 28.6 Å². The zero-order chi connectivity index (χ0) is 19.7. The van der Waals surface area contributed by atoms with Crippen LogP contribution < -0.4 is 22.4 Å². The average Bonchev–Trinajstić information content (AvgIpc) is 3.10. The number of hydrogen-bond donors (Lipinski definition) is 5. The first-order valence-electron chi connectivity index (χ1n) is 8.42. The summed E-state index contributed by atoms with van der Waals surface area (Å²) >= 11 is 0. The molecular weight excluding hydrogens is 337 g/mol. The van der Waals surface area contributed by atoms with Gasteiger partial charge in [-0.05, 0) is 30.0 Å². The third kappa shape index (κ3) is 6.45. The molecule has 1 heterocycles. The lowest BCUT2D eigenvalue weighted by Gasteiger charge is -2.16. The second-order valence-electron chi connectivity index (χ2n) is 6.46. The zero-order valence-electron chi connectivity index (χ0n) is 15.4. The van der Waals surface area contributed by atoms with E-state index >= 15 is 0 Å². The Morgan fingerprint density at radius 1 is 1.46 bits per heavy atom. The lowest BCUT2D eigenvalue weighted by Crippen LogP contribution is -2.35. The van der Waals surface area contributed by atoms with Crippen LogP contribution in [-0.2, 0) is 4.79 Å². The number of nitrogens with two attached hydrogens (primary N) is 2. The molecule has 1 aromatic carbocycles. The van der Waals surface area contributed by atoms with Crippen molar-refractivity contribution >= 4 is 17.4 Å². The number of hydrazine groups is 1. The molecule has 8 heteroatoms. The first-order chi connectivity index (χ1) is 12.3. The van der Waals surface area contributed by atoms with E-state index in [1.807, 2.05) is 39.0 Å². The molecule has 0 spiro atoms. The summed E-state index contributed by atoms with van der Waals surface area (Å²) in [6, 6.07) is 5.37. The predicted octanol–water partition coefficient (Wildman–Crippen LogP) is 1.59. The number of benzene rings is 1. The van der Waals surface area contributed by atoms with E-state index in [1.54, 1.807) is 6.07 Å². The molecule has 7 nitrogen and oxygen atoms in total. The van der Waals surface area contributed by atoms with Gasteiger partial charge in [-0.3, -0.25) is 4.79 Å². The fourth-order valence-corrected chi connectivity index (χ4v) is 2.53. The minimum atomic E-state index is -0.869. The van der Waals surface area contributed by atoms with Crippen molar-refractivity contribution in [1.29, 1.82) is 0 Å². The Morgan fingerprint density at radius 2 is 2.15 bits per heavy atom. The molecular formula is C18H28FN5O2. The van der Waals surface area contributed by atoms with Crippen LogP contribution in [0.5, 0.6) is 0 Å². The molecule has 1 aliphatic rings. The minimum absolute atomic E-state index is 0.0163. The maximum Gasteiger partial charge on any atom is 0.307 e. The molecule has 0 aromatic heterocycles. The van der Waals surface area contributed by atoms with Crippen LogP contribution in [0.3, 0.4) is 0 Å². The van der Waals surface area contributed by atoms with Gasteiger partial charge in [-0.1, -0.05) is 32.1 Å². The highest BCUT2D eigenvalue weighted by molar-refractivity contribution is 5.85. The Bertz CT molecular complexity index is 674. The summed E-state index contributed by atoms with van der Waals surface area (Å²) in [5.41, 5.74) is 5.02. The SMILES string of the molecule is CC(C)C(C/C(=N/N)NN)C(=O)O.Cc1ccc(C2=CCNC2)c(F)c1. The molecule has 0 radical (unpaired) electrons. The lowest BCUT2D eigenvalue weighted by atomic mass is 9.92. The fraction of sp³-hybridized carbons (Fsp3) is 0.444. The molecule has 144 valence electrons. The lowest BCUT2D eigenvalue weighted by molar-refractivity contribution is -0.142. The average molecular weight is 365 g/mol. The molecule has 1 unspecified atom stereocenters. The molecule has 1 aliphatic heterocycles. The van der Waals surface area contributed by atoms with Gasteiger partial charge < -0.3 is 21.7 Å². The van der Waals surface area contributed by atoms with Crippen LogP contribution in [0.1, 0.15) is 31.4 Å². The molecule has 0 aliphatic carbocycles. The van der Waals surface area contributed by atoms with E-state index in [0.29, 0.717) is 5.84 Å². The van der Waals surface area contributed by atoms with E-state index in [2.05, 4.69) is 15.8 Å². The summed E-state index contributed by atoms with van der Waals surface area (Å²) in [4.78, 5) is 10.7. The van der Waals surface area contributed by atoms with Gasteiger partial charge >= 0.3 is 5.97 Å². The van der Waals surface area contributed by atoms with Crippen molar-refractivity contribution in [3.05, 3.63) is 41.2 Å². The van der Waals surface area contributed by atoms with Crippen molar-refractivity contribution in [2.45, 2.75) is 27.2 Å². The summed E-state index contributed by atoms with van der Waals surface area (Å²) in [6.07, 6.45) is 2.26. The van der Waals surface area contributed by atoms with Gasteiger partial charge in [0, 0.05) is 25.1 Å². The molecule has 0 bridgehead atoms. The van der Waals surface area contributed by atoms with Gasteiger partial charge in [0.15, 0.2) is 0 Å². The molecule has 0 saturated carbocycles. The van der Waals surface area contributed by atoms with Gasteiger partial charge in [-0.25, -0.2) is 10.2 Å². The fourth-order valence-electron chi connectivity index (χ4n) is 2.53. The summed E-state index contributed by atoms with van der Waals surface area (Å²) < 4.78 is 13.4. The normalized spacial score (nSPS) is 15.2. The van der Waals surface area contributed by atoms with Crippen LogP contribution in [0.4, 0.5) is 4.39 Å². The van der Waals surface area contributed by atoms with Gasteiger partial charge in [-0.15, -0.1) is 0 Å². The number of hydrogen-bond acceptors (Lipinski definition) is 5. The Balaban J connectivity index is 0.000000260. The van der Waals surface area contributed by atoms with E-state index in [0.717, 1.165) is 29.8 Å². The first kappa shape index (κ1) is 21.6. The van der Waals surface area contributed by atoms with Gasteiger partial charge in [0.25, 0.3) is 0 Å². The highest BCUT2D eigenvalue weighted by Crippen LogP contribution is 2.20. The Hall–Kier alpha value is -2.45. The van der Waals surface area contributed by atoms with Crippen LogP contribution in [-0.4, -0.2) is 30.0 Å². The monoisotopic (exact) mass is 365 g/mol. The molecule has 0 amide bonds. The van der Waals surface area contributed by atoms with Crippen molar-refractivity contribution < 1.29 is 14.3 Å². The van der Waals surface area contributed by atoms with Gasteiger partial charge in [-0.2, -0.15) is 5.10 Å². The van der Waals surface area contributed by atoms with E-state index in [9.17, 15) is 9.18 Å². The summed E-state index contributed by atoms with van der Waals surface area (Å²) in [7, 11) is 0. The van der Waals surface area contributed by atoms with Gasteiger partial charge in [0.05, 0.1) is 5.92 Å². The van der Waals surface area contributed by atoms with Crippen LogP contribution in [0.2, 0.25) is 0 Å². The number of halogens is 1. The maximum atomic E-state index is 13.4. The van der Waals surface area contributed by atoms with Crippen LogP contribution in [0.15, 0.2) is 29.4 Å². The summed E-state index contributed by atoms with van der Waals surface area (Å²) in [6.45, 7) is 7.17. The molecule has 0 saturated heterocycles. The van der Waals surface area contributed by atoms with Crippen molar-refractivity contribution in [2.75, 3.05) is 13.1 Å². The van der Waals surface area contributed by atoms with E-state index in [4.69, 9.17) is 16.8 Å². The van der Waals surface area contributed by atoms with E-state index in [-0.39, 0.29) is 18.2 Å². The number of aryl methyl sites for hydroxylation is 1. The van der Waals surface area contributed by atoms with Crippen LogP contribution in [0, 0.1) is 24.6 Å². The van der Waals surface area contributed by atoms with Gasteiger partial charge in [0.1, 0.15) is 11.7 Å². The predicted molar refractivity (Wildman–Crippen MR) is 102 cm³/mol. The Labute approximate surface area is 153 Å². The number of aliphatic carboxylic acids is 1. The van der Waals surface area contributed by atoms with Crippen molar-refractivity contribution in [1.82, 2.24) is 10.7 Å². The molecule has 2 rings (SSSR count). The Kier molecular flexibility index (Phi) is 8.74. The second kappa shape index (κ2) is 10.5. The largest absolute Gasteiger partial charge is 0.481 e. The smallest absolute Gasteiger partial charge is 0.307 e. The number of carbonyl (C=O) groups is 1. The molecule has 7 N–H and O–H groups in total. The molecule has 0 fully saturated rings. The standard InChI is InChI=1S/C11H12FN.C7H16N4O2/c1-8-2-3-10(11(12)6-8)9-4-5-13-7-9;1-4(2)5(7(12)13)3-6(10-8)11-9/h2-4,6,13H,5,7H2,1H3;4-5H,3,8-9H2,1-2H3,(H,10,11)(H,12,13). The third-order valence-electron chi connectivity index (χ3n) is 4.14. The number of amidine groups is 1. The summed E-state index contributed by atoms with van der Waals surface area (Å²) in [5.74, 6) is 8.87. The number of hydrazone groups is 1. The number of carboxylic acid groups (broad SMARTS) is 1. The number of nitrogens with one attached hydrogen (secondary N) is 2. The van der Waals surface area contributed by atoms with Gasteiger partial charge in [0.2, 0.25) is 0 Å². The number of rotatable bonds is 5. The highest BCUT2D eigenvalue weighted by Gasteiger charge is 2.23. The van der Waals surface area contributed by atoms with E-state index in [1.165, 1.54) is 0 Å². The van der Waals surface area contributed by atoms with Crippen molar-refractivity contribution in [3.63, 3.8) is 0 Å². The first-order valence-corrected chi connectivity index (χ1v) is 8.42. The van der Waals surface area contributed by atoms with Crippen LogP contribution in [0.25, 0.3) is 5.57 Å². The zero-order valence-corrected chi connectivity index (χ0v) is 15.4. The van der Waals surface area contributed by atoms with E-state index < -0.39 is 11.9 Å². The number of nitrogens with zero attached hydrogens (tertiary/aromatic N) is 1. The third-order valence-corrected chi connectivity index (χ3v) is 4.14. The summed E-state index contributed by atoms with van der Waals surface area (Å²) in [5, 5.41) is 15.3. The minimum Gasteiger partial charge on any atom is -0.481 e. The number of carboxylic acids is 1. The van der Waals surface area contributed by atoms with Crippen LogP contribution >= 0.6 is 0 Å². The molecule has 1 atom stereocenters.